The smallest absolute Gasteiger partial charge is 0.326 e. The molecule has 2 rings (SSSR count). The van der Waals surface area contributed by atoms with Crippen molar-refractivity contribution in [3.63, 3.8) is 0 Å². The summed E-state index contributed by atoms with van der Waals surface area (Å²) in [7, 11) is 0. The summed E-state index contributed by atoms with van der Waals surface area (Å²) in [5, 5.41) is 9.34. The van der Waals surface area contributed by atoms with E-state index in [1.807, 2.05) is 6.92 Å². The third-order valence-electron chi connectivity index (χ3n) is 4.49. The minimum atomic E-state index is -0.892. The number of carbonyl (C=O) groups is 2. The SMILES string of the molecule is CCC1CCN(C(=O)C2OCCC2C)C(C(=O)O)C1. The van der Waals surface area contributed by atoms with Gasteiger partial charge in [-0.05, 0) is 31.1 Å². The van der Waals surface area contributed by atoms with Crippen molar-refractivity contribution in [2.45, 2.75) is 51.7 Å². The van der Waals surface area contributed by atoms with Crippen molar-refractivity contribution in [3.05, 3.63) is 0 Å². The van der Waals surface area contributed by atoms with Gasteiger partial charge >= 0.3 is 5.97 Å². The van der Waals surface area contributed by atoms with E-state index in [-0.39, 0.29) is 11.8 Å². The molecule has 0 aliphatic carbocycles. The molecule has 5 nitrogen and oxygen atoms in total. The van der Waals surface area contributed by atoms with E-state index in [9.17, 15) is 14.7 Å². The lowest BCUT2D eigenvalue weighted by Gasteiger charge is -2.38. The van der Waals surface area contributed by atoms with Gasteiger partial charge in [0.25, 0.3) is 5.91 Å². The van der Waals surface area contributed by atoms with Crippen LogP contribution in [0.2, 0.25) is 0 Å². The highest BCUT2D eigenvalue weighted by atomic mass is 16.5. The van der Waals surface area contributed by atoms with Gasteiger partial charge in [-0.15, -0.1) is 0 Å². The molecular formula is C14H23NO4. The zero-order valence-corrected chi connectivity index (χ0v) is 11.7. The van der Waals surface area contributed by atoms with Crippen LogP contribution in [0.3, 0.4) is 0 Å². The number of piperidine rings is 1. The van der Waals surface area contributed by atoms with Crippen molar-refractivity contribution in [2.75, 3.05) is 13.2 Å². The second-order valence-electron chi connectivity index (χ2n) is 5.74. The predicted molar refractivity (Wildman–Crippen MR) is 69.7 cm³/mol. The summed E-state index contributed by atoms with van der Waals surface area (Å²) in [6.45, 7) is 5.20. The molecule has 2 aliphatic rings. The molecule has 2 saturated heterocycles. The van der Waals surface area contributed by atoms with Gasteiger partial charge in [-0.2, -0.15) is 0 Å². The third kappa shape index (κ3) is 2.91. The molecule has 0 bridgehead atoms. The molecule has 4 unspecified atom stereocenters. The normalized spacial score (nSPS) is 35.4. The molecule has 0 aromatic heterocycles. The van der Waals surface area contributed by atoms with E-state index >= 15 is 0 Å². The van der Waals surface area contributed by atoms with Gasteiger partial charge in [0.05, 0.1) is 0 Å². The molecule has 1 amide bonds. The van der Waals surface area contributed by atoms with E-state index in [0.29, 0.717) is 25.5 Å². The molecule has 2 fully saturated rings. The average Bonchev–Trinajstić information content (AvgIpc) is 2.83. The second-order valence-corrected chi connectivity index (χ2v) is 5.74. The number of ether oxygens (including phenoxy) is 1. The Morgan fingerprint density at radius 3 is 2.63 bits per heavy atom. The molecular weight excluding hydrogens is 246 g/mol. The van der Waals surface area contributed by atoms with Crippen LogP contribution in [0, 0.1) is 11.8 Å². The van der Waals surface area contributed by atoms with Gasteiger partial charge in [-0.1, -0.05) is 20.3 Å². The number of amides is 1. The van der Waals surface area contributed by atoms with Crippen molar-refractivity contribution in [3.8, 4) is 0 Å². The highest BCUT2D eigenvalue weighted by Gasteiger charge is 2.41. The number of carbonyl (C=O) groups excluding carboxylic acids is 1. The Kier molecular flexibility index (Phi) is 4.45. The monoisotopic (exact) mass is 269 g/mol. The van der Waals surface area contributed by atoms with Crippen molar-refractivity contribution < 1.29 is 19.4 Å². The Morgan fingerprint density at radius 1 is 1.37 bits per heavy atom. The van der Waals surface area contributed by atoms with E-state index < -0.39 is 18.1 Å². The summed E-state index contributed by atoms with van der Waals surface area (Å²) in [5.74, 6) is -0.429. The van der Waals surface area contributed by atoms with Crippen LogP contribution < -0.4 is 0 Å². The van der Waals surface area contributed by atoms with Gasteiger partial charge in [0.2, 0.25) is 0 Å². The first-order valence-corrected chi connectivity index (χ1v) is 7.19. The van der Waals surface area contributed by atoms with Crippen LogP contribution in [0.4, 0.5) is 0 Å². The molecule has 4 atom stereocenters. The minimum absolute atomic E-state index is 0.132. The fourth-order valence-electron chi connectivity index (χ4n) is 3.08. The molecule has 0 radical (unpaired) electrons. The number of carboxylic acid groups (broad SMARTS) is 1. The molecule has 2 aliphatic heterocycles. The van der Waals surface area contributed by atoms with Crippen LogP contribution in [0.1, 0.15) is 39.5 Å². The largest absolute Gasteiger partial charge is 0.480 e. The summed E-state index contributed by atoms with van der Waals surface area (Å²) in [5.41, 5.74) is 0. The molecule has 0 saturated carbocycles. The molecule has 2 heterocycles. The van der Waals surface area contributed by atoms with Gasteiger partial charge in [0.1, 0.15) is 12.1 Å². The fraction of sp³-hybridized carbons (Fsp3) is 0.857. The van der Waals surface area contributed by atoms with Crippen LogP contribution >= 0.6 is 0 Å². The molecule has 19 heavy (non-hydrogen) atoms. The van der Waals surface area contributed by atoms with E-state index in [4.69, 9.17) is 4.74 Å². The van der Waals surface area contributed by atoms with Gasteiger partial charge in [-0.25, -0.2) is 4.79 Å². The van der Waals surface area contributed by atoms with Crippen molar-refractivity contribution >= 4 is 11.9 Å². The number of hydrogen-bond donors (Lipinski definition) is 1. The highest BCUT2D eigenvalue weighted by Crippen LogP contribution is 2.29. The lowest BCUT2D eigenvalue weighted by molar-refractivity contribution is -0.158. The van der Waals surface area contributed by atoms with Gasteiger partial charge < -0.3 is 14.7 Å². The number of carboxylic acids is 1. The van der Waals surface area contributed by atoms with E-state index in [2.05, 4.69) is 6.92 Å². The molecule has 0 aromatic rings. The quantitative estimate of drug-likeness (QED) is 0.843. The Balaban J connectivity index is 2.08. The first-order valence-electron chi connectivity index (χ1n) is 7.19. The lowest BCUT2D eigenvalue weighted by Crippen LogP contribution is -2.53. The number of hydrogen-bond acceptors (Lipinski definition) is 3. The molecule has 0 aromatic carbocycles. The van der Waals surface area contributed by atoms with Gasteiger partial charge in [0.15, 0.2) is 0 Å². The first-order chi connectivity index (χ1) is 9.04. The maximum atomic E-state index is 12.5. The molecule has 5 heteroatoms. The van der Waals surface area contributed by atoms with Crippen LogP contribution in [-0.4, -0.2) is 47.2 Å². The topological polar surface area (TPSA) is 66.8 Å². The van der Waals surface area contributed by atoms with Crippen molar-refractivity contribution in [1.82, 2.24) is 4.90 Å². The predicted octanol–water partition coefficient (Wildman–Crippen LogP) is 1.51. The van der Waals surface area contributed by atoms with Crippen molar-refractivity contribution in [2.24, 2.45) is 11.8 Å². The Labute approximate surface area is 113 Å². The Hall–Kier alpha value is -1.10. The summed E-state index contributed by atoms with van der Waals surface area (Å²) < 4.78 is 5.48. The van der Waals surface area contributed by atoms with Gasteiger partial charge in [-0.3, -0.25) is 4.79 Å². The maximum Gasteiger partial charge on any atom is 0.326 e. The Bertz CT molecular complexity index is 357. The fourth-order valence-corrected chi connectivity index (χ4v) is 3.08. The summed E-state index contributed by atoms with van der Waals surface area (Å²) >= 11 is 0. The first kappa shape index (κ1) is 14.3. The third-order valence-corrected chi connectivity index (χ3v) is 4.49. The molecule has 0 spiro atoms. The number of nitrogens with zero attached hydrogens (tertiary/aromatic N) is 1. The highest BCUT2D eigenvalue weighted by molar-refractivity contribution is 5.87. The summed E-state index contributed by atoms with van der Waals surface area (Å²) in [6.07, 6.45) is 2.87. The van der Waals surface area contributed by atoms with Crippen LogP contribution in [0.15, 0.2) is 0 Å². The van der Waals surface area contributed by atoms with E-state index in [1.54, 1.807) is 0 Å². The lowest BCUT2D eigenvalue weighted by atomic mass is 9.88. The standard InChI is InChI=1S/C14H23NO4/c1-3-10-4-6-15(11(8-10)14(17)18)13(16)12-9(2)5-7-19-12/h9-12H,3-8H2,1-2H3,(H,17,18). The van der Waals surface area contributed by atoms with Crippen LogP contribution in [0.25, 0.3) is 0 Å². The van der Waals surface area contributed by atoms with Crippen molar-refractivity contribution in [1.29, 1.82) is 0 Å². The van der Waals surface area contributed by atoms with E-state index in [0.717, 1.165) is 19.3 Å². The minimum Gasteiger partial charge on any atom is -0.480 e. The second kappa shape index (κ2) is 5.90. The zero-order valence-electron chi connectivity index (χ0n) is 11.7. The van der Waals surface area contributed by atoms with Crippen LogP contribution in [-0.2, 0) is 14.3 Å². The molecule has 1 N–H and O–H groups in total. The maximum absolute atomic E-state index is 12.5. The number of aliphatic carboxylic acids is 1. The van der Waals surface area contributed by atoms with Crippen LogP contribution in [0.5, 0.6) is 0 Å². The molecule has 108 valence electrons. The number of likely N-dealkylation sites (tertiary alicyclic amines) is 1. The average molecular weight is 269 g/mol. The van der Waals surface area contributed by atoms with E-state index in [1.165, 1.54) is 4.90 Å². The Morgan fingerprint density at radius 2 is 2.11 bits per heavy atom. The van der Waals surface area contributed by atoms with Gasteiger partial charge in [0, 0.05) is 13.2 Å². The summed E-state index contributed by atoms with van der Waals surface area (Å²) in [4.78, 5) is 25.4. The zero-order chi connectivity index (χ0) is 14.0. The number of rotatable bonds is 3. The summed E-state index contributed by atoms with van der Waals surface area (Å²) in [6, 6.07) is -0.678.